The third-order valence-corrected chi connectivity index (χ3v) is 3.79. The summed E-state index contributed by atoms with van der Waals surface area (Å²) in [6.45, 7) is 8.39. The predicted octanol–water partition coefficient (Wildman–Crippen LogP) is 3.39. The number of hydrogen-bond donors (Lipinski definition) is 1. The minimum atomic E-state index is 0.0369. The van der Waals surface area contributed by atoms with Crippen LogP contribution in [0.3, 0.4) is 0 Å². The SMILES string of the molecule is Cc1ccc(-c2nc(C(C)(C)C)sc2N)cn1. The van der Waals surface area contributed by atoms with Gasteiger partial charge >= 0.3 is 0 Å². The summed E-state index contributed by atoms with van der Waals surface area (Å²) in [7, 11) is 0. The summed E-state index contributed by atoms with van der Waals surface area (Å²) in [5, 5.41) is 1.83. The summed E-state index contributed by atoms with van der Waals surface area (Å²) in [5.41, 5.74) is 8.91. The lowest BCUT2D eigenvalue weighted by Crippen LogP contribution is -2.10. The highest BCUT2D eigenvalue weighted by Crippen LogP contribution is 2.35. The maximum atomic E-state index is 6.04. The molecule has 0 radical (unpaired) electrons. The van der Waals surface area contributed by atoms with Gasteiger partial charge in [0, 0.05) is 22.9 Å². The molecule has 2 aromatic heterocycles. The van der Waals surface area contributed by atoms with Gasteiger partial charge in [-0.05, 0) is 19.1 Å². The first-order valence-corrected chi connectivity index (χ1v) is 6.39. The fourth-order valence-electron chi connectivity index (χ4n) is 1.47. The first-order valence-electron chi connectivity index (χ1n) is 5.58. The van der Waals surface area contributed by atoms with Crippen molar-refractivity contribution in [1.29, 1.82) is 0 Å². The van der Waals surface area contributed by atoms with E-state index in [2.05, 4.69) is 30.7 Å². The molecule has 4 heteroatoms. The fourth-order valence-corrected chi connectivity index (χ4v) is 2.38. The summed E-state index contributed by atoms with van der Waals surface area (Å²) in [6.07, 6.45) is 1.83. The van der Waals surface area contributed by atoms with Crippen molar-refractivity contribution in [3.8, 4) is 11.3 Å². The van der Waals surface area contributed by atoms with Gasteiger partial charge in [0.05, 0.1) is 0 Å². The minimum absolute atomic E-state index is 0.0369. The summed E-state index contributed by atoms with van der Waals surface area (Å²) in [4.78, 5) is 8.91. The van der Waals surface area contributed by atoms with Gasteiger partial charge in [-0.3, -0.25) is 4.98 Å². The number of nitrogen functional groups attached to an aromatic ring is 1. The zero-order chi connectivity index (χ0) is 12.6. The Morgan fingerprint density at radius 2 is 1.94 bits per heavy atom. The van der Waals surface area contributed by atoms with Gasteiger partial charge in [0.2, 0.25) is 0 Å². The van der Waals surface area contributed by atoms with Crippen molar-refractivity contribution in [3.63, 3.8) is 0 Å². The Bertz CT molecular complexity index is 521. The summed E-state index contributed by atoms with van der Waals surface area (Å²) in [6, 6.07) is 3.99. The van der Waals surface area contributed by atoms with Crippen LogP contribution < -0.4 is 5.73 Å². The maximum Gasteiger partial charge on any atom is 0.114 e. The Balaban J connectivity index is 2.46. The van der Waals surface area contributed by atoms with Crippen molar-refractivity contribution in [2.24, 2.45) is 0 Å². The number of anilines is 1. The van der Waals surface area contributed by atoms with E-state index < -0.39 is 0 Å². The highest BCUT2D eigenvalue weighted by molar-refractivity contribution is 7.16. The summed E-state index contributed by atoms with van der Waals surface area (Å²) < 4.78 is 0. The van der Waals surface area contributed by atoms with Gasteiger partial charge in [-0.2, -0.15) is 0 Å². The van der Waals surface area contributed by atoms with Gasteiger partial charge in [-0.25, -0.2) is 4.98 Å². The molecule has 90 valence electrons. The fraction of sp³-hybridized carbons (Fsp3) is 0.385. The number of aromatic nitrogens is 2. The molecule has 2 aromatic rings. The maximum absolute atomic E-state index is 6.04. The first kappa shape index (κ1) is 12.0. The lowest BCUT2D eigenvalue weighted by molar-refractivity contribution is 0.586. The van der Waals surface area contributed by atoms with Crippen LogP contribution in [0.2, 0.25) is 0 Å². The zero-order valence-corrected chi connectivity index (χ0v) is 11.4. The van der Waals surface area contributed by atoms with Gasteiger partial charge in [-0.1, -0.05) is 20.8 Å². The van der Waals surface area contributed by atoms with Crippen LogP contribution in [0.15, 0.2) is 18.3 Å². The molecule has 0 spiro atoms. The minimum Gasteiger partial charge on any atom is -0.389 e. The molecule has 0 unspecified atom stereocenters. The van der Waals surface area contributed by atoms with Crippen molar-refractivity contribution in [2.75, 3.05) is 5.73 Å². The lowest BCUT2D eigenvalue weighted by Gasteiger charge is -2.13. The number of nitrogens with two attached hydrogens (primary N) is 1. The molecular formula is C13H17N3S. The molecule has 3 nitrogen and oxygen atoms in total. The van der Waals surface area contributed by atoms with E-state index in [4.69, 9.17) is 5.73 Å². The van der Waals surface area contributed by atoms with Crippen LogP contribution in [-0.2, 0) is 5.41 Å². The molecule has 2 heterocycles. The van der Waals surface area contributed by atoms with E-state index in [0.717, 1.165) is 27.0 Å². The molecule has 0 atom stereocenters. The average molecular weight is 247 g/mol. The topological polar surface area (TPSA) is 51.8 Å². The van der Waals surface area contributed by atoms with E-state index in [1.54, 1.807) is 11.3 Å². The Hall–Kier alpha value is -1.42. The molecule has 2 rings (SSSR count). The van der Waals surface area contributed by atoms with Crippen molar-refractivity contribution in [1.82, 2.24) is 9.97 Å². The third kappa shape index (κ3) is 2.47. The van der Waals surface area contributed by atoms with Crippen molar-refractivity contribution in [3.05, 3.63) is 29.0 Å². The van der Waals surface area contributed by atoms with Gasteiger partial charge in [-0.15, -0.1) is 11.3 Å². The highest BCUT2D eigenvalue weighted by Gasteiger charge is 2.21. The first-order chi connectivity index (χ1) is 7.88. The van der Waals surface area contributed by atoms with Crippen LogP contribution in [-0.4, -0.2) is 9.97 Å². The van der Waals surface area contributed by atoms with Gasteiger partial charge in [0.1, 0.15) is 15.7 Å². The molecule has 17 heavy (non-hydrogen) atoms. The molecule has 0 aliphatic rings. The zero-order valence-electron chi connectivity index (χ0n) is 10.6. The van der Waals surface area contributed by atoms with E-state index in [-0.39, 0.29) is 5.41 Å². The Morgan fingerprint density at radius 3 is 2.41 bits per heavy atom. The number of thiazole rings is 1. The predicted molar refractivity (Wildman–Crippen MR) is 73.2 cm³/mol. The van der Waals surface area contributed by atoms with Gasteiger partial charge in [0.15, 0.2) is 0 Å². The number of hydrogen-bond acceptors (Lipinski definition) is 4. The second-order valence-electron chi connectivity index (χ2n) is 5.17. The molecule has 0 saturated heterocycles. The lowest BCUT2D eigenvalue weighted by atomic mass is 9.98. The van der Waals surface area contributed by atoms with Crippen molar-refractivity contribution >= 4 is 16.3 Å². The quantitative estimate of drug-likeness (QED) is 0.840. The number of rotatable bonds is 1. The number of aryl methyl sites for hydroxylation is 1. The molecule has 0 fully saturated rings. The molecule has 0 aliphatic heterocycles. The molecule has 0 bridgehead atoms. The standard InChI is InChI=1S/C13H17N3S/c1-8-5-6-9(7-15-8)10-11(14)17-12(16-10)13(2,3)4/h5-7H,14H2,1-4H3. The van der Waals surface area contributed by atoms with Crippen molar-refractivity contribution in [2.45, 2.75) is 33.1 Å². The van der Waals surface area contributed by atoms with Gasteiger partial charge < -0.3 is 5.73 Å². The van der Waals surface area contributed by atoms with E-state index in [0.29, 0.717) is 0 Å². The Labute approximate surface area is 106 Å². The second kappa shape index (κ2) is 4.11. The number of pyridine rings is 1. The van der Waals surface area contributed by atoms with E-state index in [1.807, 2.05) is 25.3 Å². The Kier molecular flexibility index (Phi) is 2.91. The monoisotopic (exact) mass is 247 g/mol. The van der Waals surface area contributed by atoms with Crippen LogP contribution in [0, 0.1) is 6.92 Å². The molecule has 2 N–H and O–H groups in total. The smallest absolute Gasteiger partial charge is 0.114 e. The van der Waals surface area contributed by atoms with Crippen LogP contribution in [0.25, 0.3) is 11.3 Å². The molecule has 0 amide bonds. The van der Waals surface area contributed by atoms with Crippen LogP contribution >= 0.6 is 11.3 Å². The normalized spacial score (nSPS) is 11.8. The molecular weight excluding hydrogens is 230 g/mol. The largest absolute Gasteiger partial charge is 0.389 e. The van der Waals surface area contributed by atoms with Gasteiger partial charge in [0.25, 0.3) is 0 Å². The average Bonchev–Trinajstić information content (AvgIpc) is 2.61. The molecule has 0 aliphatic carbocycles. The Morgan fingerprint density at radius 1 is 1.24 bits per heavy atom. The van der Waals surface area contributed by atoms with Crippen LogP contribution in [0.1, 0.15) is 31.5 Å². The highest BCUT2D eigenvalue weighted by atomic mass is 32.1. The third-order valence-electron chi connectivity index (χ3n) is 2.48. The molecule has 0 saturated carbocycles. The number of nitrogens with zero attached hydrogens (tertiary/aromatic N) is 2. The van der Waals surface area contributed by atoms with E-state index in [9.17, 15) is 0 Å². The second-order valence-corrected chi connectivity index (χ2v) is 6.20. The van der Waals surface area contributed by atoms with E-state index in [1.165, 1.54) is 0 Å². The van der Waals surface area contributed by atoms with E-state index >= 15 is 0 Å². The van der Waals surface area contributed by atoms with Crippen LogP contribution in [0.4, 0.5) is 5.00 Å². The summed E-state index contributed by atoms with van der Waals surface area (Å²) in [5.74, 6) is 0. The van der Waals surface area contributed by atoms with Crippen LogP contribution in [0.5, 0.6) is 0 Å². The summed E-state index contributed by atoms with van der Waals surface area (Å²) >= 11 is 1.56. The van der Waals surface area contributed by atoms with Crippen molar-refractivity contribution < 1.29 is 0 Å². The molecule has 0 aromatic carbocycles.